The summed E-state index contributed by atoms with van der Waals surface area (Å²) in [6.07, 6.45) is 2.05. The molecular formula is C41H48O5S. The molecule has 5 nitrogen and oxygen atoms in total. The fourth-order valence-corrected chi connectivity index (χ4v) is 9.03. The molecule has 6 heteroatoms. The predicted octanol–water partition coefficient (Wildman–Crippen LogP) is 10.3. The molecule has 2 aliphatic rings. The van der Waals surface area contributed by atoms with Crippen molar-refractivity contribution in [2.45, 2.75) is 119 Å². The predicted molar refractivity (Wildman–Crippen MR) is 188 cm³/mol. The molecule has 0 saturated heterocycles. The Morgan fingerprint density at radius 2 is 0.894 bits per heavy atom. The molecule has 0 heterocycles. The average Bonchev–Trinajstić information content (AvgIpc) is 3.31. The molecule has 0 fully saturated rings. The molecule has 0 saturated carbocycles. The van der Waals surface area contributed by atoms with Crippen LogP contribution in [0, 0.1) is 0 Å². The van der Waals surface area contributed by atoms with Gasteiger partial charge < -0.3 is 14.2 Å². The van der Waals surface area contributed by atoms with Gasteiger partial charge >= 0.3 is 0 Å². The summed E-state index contributed by atoms with van der Waals surface area (Å²) in [6, 6.07) is 26.4. The second-order valence-corrected chi connectivity index (χ2v) is 18.5. The Hall–Kier alpha value is -3.77. The normalized spacial score (nSPS) is 19.7. The molecule has 1 spiro atoms. The van der Waals surface area contributed by atoms with E-state index in [-0.39, 0.29) is 37.2 Å². The van der Waals surface area contributed by atoms with Gasteiger partial charge in [0, 0.05) is 5.41 Å². The van der Waals surface area contributed by atoms with Crippen molar-refractivity contribution >= 4 is 9.84 Å². The van der Waals surface area contributed by atoms with E-state index in [0.29, 0.717) is 11.5 Å². The Balaban J connectivity index is 1.25. The van der Waals surface area contributed by atoms with Crippen molar-refractivity contribution in [3.63, 3.8) is 0 Å². The summed E-state index contributed by atoms with van der Waals surface area (Å²) < 4.78 is 45.1. The van der Waals surface area contributed by atoms with Crippen LogP contribution in [0.15, 0.2) is 94.7 Å². The lowest BCUT2D eigenvalue weighted by Gasteiger charge is -2.30. The van der Waals surface area contributed by atoms with Crippen LogP contribution in [0.5, 0.6) is 23.0 Å². The van der Waals surface area contributed by atoms with Crippen LogP contribution in [0.4, 0.5) is 0 Å². The van der Waals surface area contributed by atoms with Gasteiger partial charge in [-0.15, -0.1) is 0 Å². The number of fused-ring (bicyclic) bond motifs is 4. The number of rotatable bonds is 6. The zero-order chi connectivity index (χ0) is 34.2. The minimum Gasteiger partial charge on any atom is -0.488 e. The zero-order valence-corrected chi connectivity index (χ0v) is 30.3. The van der Waals surface area contributed by atoms with E-state index >= 15 is 0 Å². The number of hydrogen-bond donors (Lipinski definition) is 0. The topological polar surface area (TPSA) is 61.8 Å². The van der Waals surface area contributed by atoms with Crippen molar-refractivity contribution in [3.8, 4) is 23.0 Å². The summed E-state index contributed by atoms with van der Waals surface area (Å²) >= 11 is 0. The van der Waals surface area contributed by atoms with Gasteiger partial charge in [0.1, 0.15) is 34.2 Å². The van der Waals surface area contributed by atoms with Crippen LogP contribution in [-0.4, -0.2) is 19.6 Å². The molecule has 6 rings (SSSR count). The van der Waals surface area contributed by atoms with Gasteiger partial charge in [0.15, 0.2) is 0 Å². The smallest absolute Gasteiger partial charge is 0.206 e. The lowest BCUT2D eigenvalue weighted by atomic mass is 9.72. The van der Waals surface area contributed by atoms with E-state index < -0.39 is 9.84 Å². The third-order valence-corrected chi connectivity index (χ3v) is 11.1. The number of hydrogen-bond acceptors (Lipinski definition) is 5. The minimum atomic E-state index is -3.69. The largest absolute Gasteiger partial charge is 0.488 e. The van der Waals surface area contributed by atoms with Crippen molar-refractivity contribution in [1.29, 1.82) is 0 Å². The van der Waals surface area contributed by atoms with Gasteiger partial charge in [-0.05, 0) is 160 Å². The highest BCUT2D eigenvalue weighted by Gasteiger charge is 2.56. The van der Waals surface area contributed by atoms with Crippen LogP contribution in [0.2, 0.25) is 0 Å². The first-order valence-corrected chi connectivity index (χ1v) is 18.0. The molecule has 248 valence electrons. The molecule has 1 atom stereocenters. The zero-order valence-electron chi connectivity index (χ0n) is 29.4. The van der Waals surface area contributed by atoms with Crippen molar-refractivity contribution in [2.24, 2.45) is 0 Å². The van der Waals surface area contributed by atoms with Crippen molar-refractivity contribution in [1.82, 2.24) is 0 Å². The SMILES string of the molecule is CC(C)(C)Oc1ccc(S(=O)(=O)c2ccc(Oc3ccc4c(c3)C(C)(C)CC43CC(C)(C)c4cc(OC(C)(C)C)ccc43)cc2)cc1. The van der Waals surface area contributed by atoms with E-state index in [2.05, 4.69) is 84.9 Å². The Kier molecular flexibility index (Phi) is 7.67. The summed E-state index contributed by atoms with van der Waals surface area (Å²) in [4.78, 5) is 0.432. The van der Waals surface area contributed by atoms with Gasteiger partial charge in [0.25, 0.3) is 0 Å². The summed E-state index contributed by atoms with van der Waals surface area (Å²) in [5.41, 5.74) is 4.68. The van der Waals surface area contributed by atoms with Crippen molar-refractivity contribution < 1.29 is 22.6 Å². The number of sulfone groups is 1. The first-order valence-electron chi connectivity index (χ1n) is 16.5. The molecule has 0 aromatic heterocycles. The summed E-state index contributed by atoms with van der Waals surface area (Å²) in [5.74, 6) is 2.88. The van der Waals surface area contributed by atoms with E-state index in [4.69, 9.17) is 14.2 Å². The Morgan fingerprint density at radius 3 is 1.36 bits per heavy atom. The average molecular weight is 653 g/mol. The van der Waals surface area contributed by atoms with E-state index in [1.54, 1.807) is 48.5 Å². The highest BCUT2D eigenvalue weighted by molar-refractivity contribution is 7.91. The molecule has 4 aromatic rings. The Bertz CT molecular complexity index is 1920. The third-order valence-electron chi connectivity index (χ3n) is 9.31. The van der Waals surface area contributed by atoms with Gasteiger partial charge in [-0.1, -0.05) is 39.8 Å². The molecule has 4 aromatic carbocycles. The minimum absolute atomic E-state index is 0.00374. The third kappa shape index (κ3) is 6.29. The maximum absolute atomic E-state index is 13.3. The van der Waals surface area contributed by atoms with Gasteiger partial charge in [0.2, 0.25) is 9.84 Å². The van der Waals surface area contributed by atoms with E-state index in [1.807, 2.05) is 20.8 Å². The lowest BCUT2D eigenvalue weighted by Crippen LogP contribution is -2.26. The highest BCUT2D eigenvalue weighted by atomic mass is 32.2. The van der Waals surface area contributed by atoms with Crippen molar-refractivity contribution in [2.75, 3.05) is 0 Å². The Labute approximate surface area is 281 Å². The fraction of sp³-hybridized carbons (Fsp3) is 0.415. The molecule has 0 amide bonds. The standard InChI is InChI=1S/C41H48O5S/c1-37(2,3)45-28-13-19-32(20-14-28)47(42,43)31-17-11-27(12-18-31)44-29-15-21-33-35(23-29)39(7,8)25-41(33)26-40(9,10)36-24-30(16-22-34(36)41)46-38(4,5)6/h11-24H,25-26H2,1-10H3. The van der Waals surface area contributed by atoms with Crippen LogP contribution in [0.25, 0.3) is 0 Å². The van der Waals surface area contributed by atoms with Crippen molar-refractivity contribution in [3.05, 3.63) is 107 Å². The van der Waals surface area contributed by atoms with Crippen LogP contribution >= 0.6 is 0 Å². The maximum atomic E-state index is 13.3. The van der Waals surface area contributed by atoms with Crippen LogP contribution in [0.3, 0.4) is 0 Å². The van der Waals surface area contributed by atoms with Crippen LogP contribution < -0.4 is 14.2 Å². The number of benzene rings is 4. The first-order chi connectivity index (χ1) is 21.7. The fourth-order valence-electron chi connectivity index (χ4n) is 7.77. The van der Waals surface area contributed by atoms with E-state index in [1.165, 1.54) is 22.3 Å². The monoisotopic (exact) mass is 652 g/mol. The number of ether oxygens (including phenoxy) is 3. The molecule has 2 aliphatic carbocycles. The first kappa shape index (κ1) is 33.1. The van der Waals surface area contributed by atoms with Crippen LogP contribution in [-0.2, 0) is 26.1 Å². The molecule has 0 aliphatic heterocycles. The molecule has 0 N–H and O–H groups in total. The van der Waals surface area contributed by atoms with E-state index in [0.717, 1.165) is 24.3 Å². The second-order valence-electron chi connectivity index (χ2n) is 16.6. The van der Waals surface area contributed by atoms with Gasteiger partial charge in [0.05, 0.1) is 9.79 Å². The van der Waals surface area contributed by atoms with E-state index in [9.17, 15) is 8.42 Å². The van der Waals surface area contributed by atoms with Crippen LogP contribution in [0.1, 0.15) is 104 Å². The highest BCUT2D eigenvalue weighted by Crippen LogP contribution is 2.63. The molecular weight excluding hydrogens is 605 g/mol. The Morgan fingerprint density at radius 1 is 0.511 bits per heavy atom. The maximum Gasteiger partial charge on any atom is 0.206 e. The molecule has 0 radical (unpaired) electrons. The summed E-state index contributed by atoms with van der Waals surface area (Å²) in [5, 5.41) is 0. The summed E-state index contributed by atoms with van der Waals surface area (Å²) in [6.45, 7) is 21.5. The second kappa shape index (κ2) is 10.9. The lowest BCUT2D eigenvalue weighted by molar-refractivity contribution is 0.130. The quantitative estimate of drug-likeness (QED) is 0.207. The molecule has 1 unspecified atom stereocenters. The van der Waals surface area contributed by atoms with Gasteiger partial charge in [-0.25, -0.2) is 8.42 Å². The molecule has 47 heavy (non-hydrogen) atoms. The summed E-state index contributed by atoms with van der Waals surface area (Å²) in [7, 11) is -3.69. The molecule has 0 bridgehead atoms. The van der Waals surface area contributed by atoms with Gasteiger partial charge in [-0.3, -0.25) is 0 Å². The van der Waals surface area contributed by atoms with Gasteiger partial charge in [-0.2, -0.15) is 0 Å².